The number of ether oxygens (including phenoxy) is 1. The van der Waals surface area contributed by atoms with Crippen molar-refractivity contribution in [2.45, 2.75) is 27.3 Å². The van der Waals surface area contributed by atoms with Crippen LogP contribution in [-0.2, 0) is 6.54 Å². The molecular formula is C23H21N5O2S. The number of amides is 1. The Morgan fingerprint density at radius 3 is 2.52 bits per heavy atom. The lowest BCUT2D eigenvalue weighted by atomic mass is 10.1. The van der Waals surface area contributed by atoms with E-state index in [1.54, 1.807) is 36.9 Å². The number of hydrogen-bond donors (Lipinski definition) is 1. The molecule has 0 fully saturated rings. The largest absolute Gasteiger partial charge is 0.455 e. The van der Waals surface area contributed by atoms with E-state index in [1.165, 1.54) is 11.3 Å². The van der Waals surface area contributed by atoms with Gasteiger partial charge in [-0.1, -0.05) is 6.07 Å². The third kappa shape index (κ3) is 4.75. The summed E-state index contributed by atoms with van der Waals surface area (Å²) in [6.07, 6.45) is 6.84. The van der Waals surface area contributed by atoms with Crippen LogP contribution in [0.25, 0.3) is 10.6 Å². The molecule has 31 heavy (non-hydrogen) atoms. The van der Waals surface area contributed by atoms with E-state index >= 15 is 0 Å². The van der Waals surface area contributed by atoms with Gasteiger partial charge < -0.3 is 10.1 Å². The average Bonchev–Trinajstić information content (AvgIpc) is 3.20. The highest BCUT2D eigenvalue weighted by Crippen LogP contribution is 2.38. The topological polar surface area (TPSA) is 89.9 Å². The molecule has 3 heterocycles. The highest BCUT2D eigenvalue weighted by molar-refractivity contribution is 7.15. The van der Waals surface area contributed by atoms with E-state index in [0.29, 0.717) is 28.3 Å². The molecule has 7 nitrogen and oxygen atoms in total. The molecule has 4 aromatic rings. The quantitative estimate of drug-likeness (QED) is 0.478. The number of carbonyl (C=O) groups is 1. The molecule has 0 aliphatic rings. The van der Waals surface area contributed by atoms with E-state index in [9.17, 15) is 4.79 Å². The minimum atomic E-state index is -0.237. The van der Waals surface area contributed by atoms with Crippen molar-refractivity contribution in [2.75, 3.05) is 0 Å². The van der Waals surface area contributed by atoms with Crippen molar-refractivity contribution in [1.29, 1.82) is 0 Å². The molecule has 0 aliphatic carbocycles. The second-order valence-electron chi connectivity index (χ2n) is 6.98. The summed E-state index contributed by atoms with van der Waals surface area (Å²) in [5.74, 6) is 0.941. The van der Waals surface area contributed by atoms with Gasteiger partial charge in [0.25, 0.3) is 5.91 Å². The monoisotopic (exact) mass is 431 g/mol. The van der Waals surface area contributed by atoms with Crippen LogP contribution in [0.2, 0.25) is 0 Å². The smallest absolute Gasteiger partial charge is 0.252 e. The molecule has 4 rings (SSSR count). The van der Waals surface area contributed by atoms with Gasteiger partial charge >= 0.3 is 0 Å². The van der Waals surface area contributed by atoms with Crippen LogP contribution in [0, 0.1) is 20.8 Å². The van der Waals surface area contributed by atoms with E-state index in [4.69, 9.17) is 4.74 Å². The van der Waals surface area contributed by atoms with E-state index in [-0.39, 0.29) is 12.5 Å². The van der Waals surface area contributed by atoms with Crippen molar-refractivity contribution < 1.29 is 9.53 Å². The third-order valence-corrected chi connectivity index (χ3v) is 5.48. The predicted octanol–water partition coefficient (Wildman–Crippen LogP) is 4.64. The molecule has 0 radical (unpaired) electrons. The SMILES string of the molecule is Cc1cnc(CNC(=O)c2cccc(Oc3cccnc3C)c2-c2ncc(C)s2)cn1. The number of hydrogen-bond acceptors (Lipinski definition) is 7. The van der Waals surface area contributed by atoms with Crippen LogP contribution in [0.1, 0.15) is 32.3 Å². The lowest BCUT2D eigenvalue weighted by Crippen LogP contribution is -2.24. The summed E-state index contributed by atoms with van der Waals surface area (Å²) in [5, 5.41) is 3.64. The number of pyridine rings is 1. The first-order valence-electron chi connectivity index (χ1n) is 9.72. The van der Waals surface area contributed by atoms with Crippen molar-refractivity contribution in [3.05, 3.63) is 82.6 Å². The Morgan fingerprint density at radius 1 is 0.968 bits per heavy atom. The van der Waals surface area contributed by atoms with Gasteiger partial charge in [0.2, 0.25) is 0 Å². The number of aromatic nitrogens is 4. The van der Waals surface area contributed by atoms with Gasteiger partial charge in [-0.25, -0.2) is 4.98 Å². The number of aryl methyl sites for hydroxylation is 3. The molecule has 0 saturated carbocycles. The Hall–Kier alpha value is -3.65. The first kappa shape index (κ1) is 20.6. The molecule has 1 N–H and O–H groups in total. The van der Waals surface area contributed by atoms with Crippen LogP contribution >= 0.6 is 11.3 Å². The molecule has 0 saturated heterocycles. The number of nitrogens with zero attached hydrogens (tertiary/aromatic N) is 4. The van der Waals surface area contributed by atoms with Gasteiger partial charge in [0, 0.05) is 23.5 Å². The molecule has 0 unspecified atom stereocenters. The molecule has 0 bridgehead atoms. The normalized spacial score (nSPS) is 10.7. The summed E-state index contributed by atoms with van der Waals surface area (Å²) >= 11 is 1.51. The second-order valence-corrected chi connectivity index (χ2v) is 8.21. The molecule has 8 heteroatoms. The van der Waals surface area contributed by atoms with E-state index in [2.05, 4.69) is 25.3 Å². The number of rotatable bonds is 6. The van der Waals surface area contributed by atoms with Crippen LogP contribution in [0.3, 0.4) is 0 Å². The molecule has 0 spiro atoms. The summed E-state index contributed by atoms with van der Waals surface area (Å²) in [4.78, 5) is 31.4. The molecular weight excluding hydrogens is 410 g/mol. The third-order valence-electron chi connectivity index (χ3n) is 4.55. The molecule has 0 aliphatic heterocycles. The van der Waals surface area contributed by atoms with Crippen LogP contribution in [0.5, 0.6) is 11.5 Å². The maximum Gasteiger partial charge on any atom is 0.252 e. The van der Waals surface area contributed by atoms with Gasteiger partial charge in [-0.05, 0) is 45.0 Å². The lowest BCUT2D eigenvalue weighted by Gasteiger charge is -2.15. The Kier molecular flexibility index (Phi) is 5.99. The minimum absolute atomic E-state index is 0.237. The highest BCUT2D eigenvalue weighted by Gasteiger charge is 2.21. The van der Waals surface area contributed by atoms with Gasteiger partial charge in [-0.2, -0.15) is 0 Å². The van der Waals surface area contributed by atoms with Gasteiger partial charge in [-0.3, -0.25) is 19.7 Å². The Morgan fingerprint density at radius 2 is 1.81 bits per heavy atom. The first-order chi connectivity index (χ1) is 15.0. The second kappa shape index (κ2) is 9.01. The van der Waals surface area contributed by atoms with Crippen molar-refractivity contribution in [3.63, 3.8) is 0 Å². The number of thiazole rings is 1. The molecule has 3 aromatic heterocycles. The van der Waals surface area contributed by atoms with E-state index < -0.39 is 0 Å². The zero-order valence-electron chi connectivity index (χ0n) is 17.4. The Bertz CT molecular complexity index is 1220. The van der Waals surface area contributed by atoms with Crippen molar-refractivity contribution in [3.8, 4) is 22.1 Å². The van der Waals surface area contributed by atoms with Crippen LogP contribution in [0.15, 0.2) is 55.1 Å². The first-order valence-corrected chi connectivity index (χ1v) is 10.5. The van der Waals surface area contributed by atoms with Gasteiger partial charge in [-0.15, -0.1) is 11.3 Å². The maximum absolute atomic E-state index is 13.1. The fourth-order valence-corrected chi connectivity index (χ4v) is 3.80. The van der Waals surface area contributed by atoms with Crippen molar-refractivity contribution in [1.82, 2.24) is 25.3 Å². The fraction of sp³-hybridized carbons (Fsp3) is 0.174. The highest BCUT2D eigenvalue weighted by atomic mass is 32.1. The summed E-state index contributed by atoms with van der Waals surface area (Å²) in [7, 11) is 0. The zero-order chi connectivity index (χ0) is 21.8. The lowest BCUT2D eigenvalue weighted by molar-refractivity contribution is 0.0950. The Balaban J connectivity index is 1.68. The van der Waals surface area contributed by atoms with Gasteiger partial charge in [0.15, 0.2) is 0 Å². The minimum Gasteiger partial charge on any atom is -0.455 e. The Labute approximate surface area is 184 Å². The van der Waals surface area contributed by atoms with E-state index in [1.807, 2.05) is 39.0 Å². The van der Waals surface area contributed by atoms with Crippen molar-refractivity contribution in [2.24, 2.45) is 0 Å². The summed E-state index contributed by atoms with van der Waals surface area (Å²) in [5.41, 5.74) is 3.40. The molecule has 1 aromatic carbocycles. The number of benzene rings is 1. The predicted molar refractivity (Wildman–Crippen MR) is 119 cm³/mol. The van der Waals surface area contributed by atoms with Crippen LogP contribution < -0.4 is 10.1 Å². The molecule has 0 atom stereocenters. The average molecular weight is 432 g/mol. The summed E-state index contributed by atoms with van der Waals surface area (Å²) in [6, 6.07) is 9.06. The molecule has 1 amide bonds. The maximum atomic E-state index is 13.1. The number of nitrogens with one attached hydrogen (secondary N) is 1. The summed E-state index contributed by atoms with van der Waals surface area (Å²) < 4.78 is 6.17. The van der Waals surface area contributed by atoms with Crippen LogP contribution in [0.4, 0.5) is 0 Å². The van der Waals surface area contributed by atoms with Crippen LogP contribution in [-0.4, -0.2) is 25.8 Å². The van der Waals surface area contributed by atoms with Crippen molar-refractivity contribution >= 4 is 17.2 Å². The standard InChI is InChI=1S/C23H21N5O2S/c1-14-10-26-17(12-25-14)13-27-22(29)18-6-4-7-20(21(18)23-28-11-15(2)31-23)30-19-8-5-9-24-16(19)3/h4-12H,13H2,1-3H3,(H,27,29). The molecule has 156 valence electrons. The van der Waals surface area contributed by atoms with E-state index in [0.717, 1.165) is 21.3 Å². The number of carbonyl (C=O) groups excluding carboxylic acids is 1. The zero-order valence-corrected chi connectivity index (χ0v) is 18.2. The summed E-state index contributed by atoms with van der Waals surface area (Å²) in [6.45, 7) is 6.00. The fourth-order valence-electron chi connectivity index (χ4n) is 2.97. The van der Waals surface area contributed by atoms with Gasteiger partial charge in [0.1, 0.15) is 16.5 Å². The van der Waals surface area contributed by atoms with Gasteiger partial charge in [0.05, 0.1) is 41.0 Å².